The van der Waals surface area contributed by atoms with Gasteiger partial charge in [0.15, 0.2) is 0 Å². The van der Waals surface area contributed by atoms with E-state index < -0.39 is 103 Å². The van der Waals surface area contributed by atoms with E-state index in [9.17, 15) is 54.0 Å². The average Bonchev–Trinajstić information content (AvgIpc) is 3.70. The number of aliphatic hydroxyl groups excluding tert-OH is 4. The van der Waals surface area contributed by atoms with Gasteiger partial charge in [0.25, 0.3) is 0 Å². The van der Waals surface area contributed by atoms with Gasteiger partial charge in [0, 0.05) is 25.9 Å². The predicted octanol–water partition coefficient (Wildman–Crippen LogP) is -6.84. The number of hydrogen-bond acceptors (Lipinski definition) is 12. The Morgan fingerprint density at radius 1 is 0.739 bits per heavy atom. The Kier molecular flexibility index (Phi) is 13.2. The third kappa shape index (κ3) is 9.32. The first kappa shape index (κ1) is 36.6. The molecule has 19 heteroatoms. The van der Waals surface area contributed by atoms with Crippen LogP contribution in [-0.2, 0) is 33.6 Å². The summed E-state index contributed by atoms with van der Waals surface area (Å²) in [5, 5.41) is 54.1. The van der Waals surface area contributed by atoms with Crippen LogP contribution in [0.2, 0.25) is 0 Å². The van der Waals surface area contributed by atoms with Crippen molar-refractivity contribution in [1.29, 1.82) is 0 Å². The monoisotopic (exact) mass is 656 g/mol. The van der Waals surface area contributed by atoms with Crippen LogP contribution < -0.4 is 37.6 Å². The van der Waals surface area contributed by atoms with Crippen molar-refractivity contribution in [2.45, 2.75) is 86.8 Å². The highest BCUT2D eigenvalue weighted by Gasteiger charge is 2.56. The molecule has 46 heavy (non-hydrogen) atoms. The molecule has 0 aromatic carbocycles. The third-order valence-electron chi connectivity index (χ3n) is 8.06. The maximum absolute atomic E-state index is 13.6. The van der Waals surface area contributed by atoms with Gasteiger partial charge in [-0.2, -0.15) is 0 Å². The van der Waals surface area contributed by atoms with Crippen molar-refractivity contribution in [2.75, 3.05) is 39.5 Å². The molecule has 19 nitrogen and oxygen atoms in total. The molecule has 2 aliphatic heterocycles. The molecule has 3 aliphatic rings. The standard InChI is InChI=1S/C27H44N8O11/c28-7-2-1-3-15-21(41)29-8-4-20(40)30-16(11-36)22(42)32-18(13-38)24(44)34-27(5-6-27)26(46)35-10-14(39)9-19(35)25(45)33-17(12-37)23(43)31-15/h14-19,36-39H,1-13,28H2,(H,29,41)(H,30,40)(H,31,43)(H,32,42)(H,33,45)(H,34,44)/t14-,15-,16-,17+,18+,19+/m1/s1. The minimum atomic E-state index is -1.58. The molecule has 0 bridgehead atoms. The van der Waals surface area contributed by atoms with Crippen LogP contribution in [-0.4, -0.2) is 148 Å². The normalized spacial score (nSPS) is 30.1. The number of rotatable bonds is 7. The molecule has 6 atom stereocenters. The van der Waals surface area contributed by atoms with E-state index in [-0.39, 0.29) is 45.2 Å². The molecule has 0 unspecified atom stereocenters. The van der Waals surface area contributed by atoms with E-state index in [1.807, 2.05) is 0 Å². The molecule has 258 valence electrons. The Hall–Kier alpha value is -3.91. The quantitative estimate of drug-likeness (QED) is 0.114. The highest BCUT2D eigenvalue weighted by molar-refractivity contribution is 6.00. The van der Waals surface area contributed by atoms with Crippen LogP contribution in [0.3, 0.4) is 0 Å². The van der Waals surface area contributed by atoms with Crippen LogP contribution in [0.15, 0.2) is 0 Å². The lowest BCUT2D eigenvalue weighted by atomic mass is 10.1. The highest BCUT2D eigenvalue weighted by atomic mass is 16.3. The molecule has 1 aliphatic carbocycles. The van der Waals surface area contributed by atoms with Crippen molar-refractivity contribution >= 4 is 41.4 Å². The van der Waals surface area contributed by atoms with Crippen LogP contribution in [0.5, 0.6) is 0 Å². The van der Waals surface area contributed by atoms with Gasteiger partial charge in [-0.3, -0.25) is 33.6 Å². The summed E-state index contributed by atoms with van der Waals surface area (Å²) < 4.78 is 0. The van der Waals surface area contributed by atoms with E-state index in [0.717, 1.165) is 4.90 Å². The fraction of sp³-hybridized carbons (Fsp3) is 0.741. The van der Waals surface area contributed by atoms with Gasteiger partial charge in [-0.1, -0.05) is 0 Å². The van der Waals surface area contributed by atoms with Gasteiger partial charge in [0.2, 0.25) is 41.4 Å². The zero-order valence-corrected chi connectivity index (χ0v) is 25.3. The number of nitrogens with zero attached hydrogens (tertiary/aromatic N) is 1. The van der Waals surface area contributed by atoms with Crippen molar-refractivity contribution < 1.29 is 54.0 Å². The second-order valence-electron chi connectivity index (χ2n) is 11.6. The molecule has 3 fully saturated rings. The molecule has 2 heterocycles. The van der Waals surface area contributed by atoms with E-state index in [1.165, 1.54) is 0 Å². The molecule has 0 aromatic rings. The van der Waals surface area contributed by atoms with Gasteiger partial charge in [-0.05, 0) is 38.6 Å². The smallest absolute Gasteiger partial charge is 0.249 e. The van der Waals surface area contributed by atoms with Gasteiger partial charge in [0.05, 0.1) is 25.9 Å². The van der Waals surface area contributed by atoms with Crippen LogP contribution in [0.4, 0.5) is 0 Å². The summed E-state index contributed by atoms with van der Waals surface area (Å²) in [6, 6.07) is -7.05. The molecular formula is C27H44N8O11. The zero-order valence-electron chi connectivity index (χ0n) is 25.3. The molecule has 1 spiro atoms. The van der Waals surface area contributed by atoms with Gasteiger partial charge in [0.1, 0.15) is 35.7 Å². The average molecular weight is 657 g/mol. The van der Waals surface area contributed by atoms with E-state index >= 15 is 0 Å². The van der Waals surface area contributed by atoms with Crippen molar-refractivity contribution in [1.82, 2.24) is 36.8 Å². The van der Waals surface area contributed by atoms with Gasteiger partial charge in [-0.15, -0.1) is 0 Å². The first-order chi connectivity index (χ1) is 21.9. The summed E-state index contributed by atoms with van der Waals surface area (Å²) in [5.41, 5.74) is 4.04. The fourth-order valence-corrected chi connectivity index (χ4v) is 5.25. The lowest BCUT2D eigenvalue weighted by molar-refractivity contribution is -0.144. The van der Waals surface area contributed by atoms with E-state index in [4.69, 9.17) is 5.73 Å². The Bertz CT molecular complexity index is 1170. The summed E-state index contributed by atoms with van der Waals surface area (Å²) >= 11 is 0. The number of aliphatic hydroxyl groups is 4. The van der Waals surface area contributed by atoms with Crippen molar-refractivity contribution in [3.8, 4) is 0 Å². The SMILES string of the molecule is NCCCC[C@H]1NC(=O)[C@H](CO)NC(=O)[C@@H]2C[C@@H](O)CN2C(=O)C2(CC2)NC(=O)[C@H](CO)NC(=O)[C@@H](CO)NC(=O)CCNC1=O. The maximum atomic E-state index is 13.6. The number of carbonyl (C=O) groups is 7. The maximum Gasteiger partial charge on any atom is 0.249 e. The van der Waals surface area contributed by atoms with Gasteiger partial charge in [-0.25, -0.2) is 0 Å². The minimum Gasteiger partial charge on any atom is -0.394 e. The first-order valence-electron chi connectivity index (χ1n) is 15.2. The summed E-state index contributed by atoms with van der Waals surface area (Å²) in [5.74, 6) is -5.88. The van der Waals surface area contributed by atoms with Crippen LogP contribution in [0.1, 0.15) is 44.9 Å². The van der Waals surface area contributed by atoms with Crippen molar-refractivity contribution in [2.24, 2.45) is 5.73 Å². The number of nitrogens with two attached hydrogens (primary N) is 1. The number of amides is 7. The second-order valence-corrected chi connectivity index (χ2v) is 11.6. The van der Waals surface area contributed by atoms with Crippen LogP contribution in [0.25, 0.3) is 0 Å². The van der Waals surface area contributed by atoms with Crippen LogP contribution in [0, 0.1) is 0 Å². The molecule has 7 amide bonds. The molecule has 12 N–H and O–H groups in total. The minimum absolute atomic E-state index is 0.136. The number of unbranched alkanes of at least 4 members (excludes halogenated alkanes) is 1. The lowest BCUT2D eigenvalue weighted by Crippen LogP contribution is -2.61. The Morgan fingerprint density at radius 2 is 1.30 bits per heavy atom. The van der Waals surface area contributed by atoms with E-state index in [2.05, 4.69) is 31.9 Å². The lowest BCUT2D eigenvalue weighted by Gasteiger charge is -2.30. The summed E-state index contributed by atoms with van der Waals surface area (Å²) in [7, 11) is 0. The van der Waals surface area contributed by atoms with E-state index in [1.54, 1.807) is 0 Å². The molecular weight excluding hydrogens is 612 g/mol. The molecule has 3 rings (SSSR count). The Balaban J connectivity index is 1.89. The molecule has 2 saturated heterocycles. The number of fused-ring (bicyclic) bond motifs is 1. The predicted molar refractivity (Wildman–Crippen MR) is 156 cm³/mol. The molecule has 0 aromatic heterocycles. The summed E-state index contributed by atoms with van der Waals surface area (Å²) in [6.07, 6.45) is -0.265. The molecule has 1 saturated carbocycles. The summed E-state index contributed by atoms with van der Waals surface area (Å²) in [6.45, 7) is -2.81. The number of carbonyl (C=O) groups excluding carboxylic acids is 7. The van der Waals surface area contributed by atoms with Gasteiger partial charge >= 0.3 is 0 Å². The van der Waals surface area contributed by atoms with Crippen LogP contribution >= 0.6 is 0 Å². The van der Waals surface area contributed by atoms with Crippen molar-refractivity contribution in [3.63, 3.8) is 0 Å². The third-order valence-corrected chi connectivity index (χ3v) is 8.06. The van der Waals surface area contributed by atoms with Crippen molar-refractivity contribution in [3.05, 3.63) is 0 Å². The number of nitrogens with one attached hydrogen (secondary N) is 6. The summed E-state index contributed by atoms with van der Waals surface area (Å²) in [4.78, 5) is 92.3. The van der Waals surface area contributed by atoms with Gasteiger partial charge < -0.3 is 63.0 Å². The molecule has 0 radical (unpaired) electrons. The van der Waals surface area contributed by atoms with E-state index in [0.29, 0.717) is 19.4 Å². The topological polar surface area (TPSA) is 302 Å². The first-order valence-corrected chi connectivity index (χ1v) is 15.2. The number of hydrogen-bond donors (Lipinski definition) is 11. The zero-order chi connectivity index (χ0) is 34.0. The largest absolute Gasteiger partial charge is 0.394 e. The Morgan fingerprint density at radius 3 is 1.89 bits per heavy atom. The fourth-order valence-electron chi connectivity index (χ4n) is 5.25. The second kappa shape index (κ2) is 16.6. The Labute approximate surface area is 264 Å². The highest BCUT2D eigenvalue weighted by Crippen LogP contribution is 2.39.